The minimum atomic E-state index is -0.987. The number of ketones is 1. The minimum absolute atomic E-state index is 0.0320. The number of benzene rings is 1. The molecule has 0 aliphatic carbocycles. The van der Waals surface area contributed by atoms with E-state index in [-0.39, 0.29) is 36.5 Å². The second-order valence-corrected chi connectivity index (χ2v) is 8.89. The Morgan fingerprint density at radius 3 is 2.24 bits per heavy atom. The summed E-state index contributed by atoms with van der Waals surface area (Å²) in [5.74, 6) is -2.55. The summed E-state index contributed by atoms with van der Waals surface area (Å²) in [6.45, 7) is 6.63. The topological polar surface area (TPSA) is 142 Å². The van der Waals surface area contributed by atoms with Gasteiger partial charge in [-0.25, -0.2) is 9.59 Å². The molecule has 1 atom stereocenters. The van der Waals surface area contributed by atoms with Crippen LogP contribution in [-0.2, 0) is 34.3 Å². The van der Waals surface area contributed by atoms with Gasteiger partial charge >= 0.3 is 11.7 Å². The number of rotatable bonds is 10. The van der Waals surface area contributed by atoms with Crippen molar-refractivity contribution in [2.75, 3.05) is 12.3 Å². The Morgan fingerprint density at radius 2 is 1.68 bits per heavy atom. The van der Waals surface area contributed by atoms with Crippen molar-refractivity contribution in [1.82, 2.24) is 14.5 Å². The molecule has 0 aliphatic rings. The van der Waals surface area contributed by atoms with Crippen LogP contribution in [0.15, 0.2) is 39.9 Å². The fraction of sp³-hybridized carbons (Fsp3) is 0.458. The van der Waals surface area contributed by atoms with Crippen molar-refractivity contribution in [3.05, 3.63) is 62.3 Å². The minimum Gasteiger partial charge on any atom is -0.456 e. The van der Waals surface area contributed by atoms with Gasteiger partial charge in [-0.15, -0.1) is 0 Å². The molecule has 0 spiro atoms. The molecule has 2 rings (SSSR count). The Balaban J connectivity index is 2.15. The smallest absolute Gasteiger partial charge is 0.332 e. The molecular formula is C24H32N4O6. The van der Waals surface area contributed by atoms with Gasteiger partial charge in [-0.05, 0) is 17.4 Å². The maximum Gasteiger partial charge on any atom is 0.332 e. The molecule has 0 saturated carbocycles. The second kappa shape index (κ2) is 11.4. The van der Waals surface area contributed by atoms with E-state index in [1.165, 1.54) is 7.05 Å². The van der Waals surface area contributed by atoms with Crippen molar-refractivity contribution < 1.29 is 19.1 Å². The molecule has 1 amide bonds. The number of hydrogen-bond acceptors (Lipinski definition) is 7. The maximum absolute atomic E-state index is 12.8. The number of ether oxygens (including phenoxy) is 1. The summed E-state index contributed by atoms with van der Waals surface area (Å²) >= 11 is 0. The number of nitrogens with one attached hydrogen (secondary N) is 1. The van der Waals surface area contributed by atoms with E-state index in [2.05, 4.69) is 5.32 Å². The Morgan fingerprint density at radius 1 is 1.06 bits per heavy atom. The van der Waals surface area contributed by atoms with Gasteiger partial charge in [0.2, 0.25) is 11.7 Å². The van der Waals surface area contributed by atoms with Crippen molar-refractivity contribution in [3.63, 3.8) is 0 Å². The number of aromatic nitrogens is 2. The molecule has 0 aliphatic heterocycles. The highest BCUT2D eigenvalue weighted by atomic mass is 16.5. The molecular weight excluding hydrogens is 440 g/mol. The van der Waals surface area contributed by atoms with Crippen molar-refractivity contribution >= 4 is 23.5 Å². The van der Waals surface area contributed by atoms with Crippen LogP contribution in [0.5, 0.6) is 0 Å². The number of Topliss-reactive ketones (excluding diaryl/α,β-unsaturated/α-hetero) is 1. The van der Waals surface area contributed by atoms with Gasteiger partial charge in [0.1, 0.15) is 17.4 Å². The van der Waals surface area contributed by atoms with E-state index in [0.29, 0.717) is 0 Å². The van der Waals surface area contributed by atoms with Crippen LogP contribution in [0, 0.1) is 11.8 Å². The van der Waals surface area contributed by atoms with Crippen LogP contribution in [0.2, 0.25) is 0 Å². The number of amides is 1. The summed E-state index contributed by atoms with van der Waals surface area (Å²) in [4.78, 5) is 62.8. The molecule has 10 heteroatoms. The van der Waals surface area contributed by atoms with Gasteiger partial charge in [0, 0.05) is 13.6 Å². The van der Waals surface area contributed by atoms with Crippen molar-refractivity contribution in [2.45, 2.75) is 46.7 Å². The SMILES string of the molecule is CC(C)Cn1c(N)c(C(=O)COC(=O)C(NC(=O)Cc2ccccc2)C(C)C)c(=O)n(C)c1=O. The molecule has 1 aromatic carbocycles. The lowest BCUT2D eigenvalue weighted by molar-refractivity contribution is -0.148. The average molecular weight is 473 g/mol. The number of nitrogen functional groups attached to an aromatic ring is 1. The highest BCUT2D eigenvalue weighted by Gasteiger charge is 2.28. The van der Waals surface area contributed by atoms with E-state index in [9.17, 15) is 24.0 Å². The van der Waals surface area contributed by atoms with Crippen LogP contribution in [0.4, 0.5) is 5.82 Å². The summed E-state index contributed by atoms with van der Waals surface area (Å²) in [5, 5.41) is 2.64. The third-order valence-electron chi connectivity index (χ3n) is 5.20. The van der Waals surface area contributed by atoms with Gasteiger partial charge < -0.3 is 15.8 Å². The van der Waals surface area contributed by atoms with Gasteiger partial charge in [-0.2, -0.15) is 0 Å². The molecule has 0 saturated heterocycles. The number of nitrogens with zero attached hydrogens (tertiary/aromatic N) is 2. The highest BCUT2D eigenvalue weighted by Crippen LogP contribution is 2.10. The summed E-state index contributed by atoms with van der Waals surface area (Å²) < 4.78 is 7.09. The third-order valence-corrected chi connectivity index (χ3v) is 5.20. The fourth-order valence-electron chi connectivity index (χ4n) is 3.39. The zero-order valence-electron chi connectivity index (χ0n) is 20.2. The Bertz CT molecular complexity index is 1160. The molecule has 1 heterocycles. The van der Waals surface area contributed by atoms with Gasteiger partial charge in [0.05, 0.1) is 6.42 Å². The molecule has 0 fully saturated rings. The number of hydrogen-bond donors (Lipinski definition) is 2. The van der Waals surface area contributed by atoms with Crippen LogP contribution >= 0.6 is 0 Å². The predicted molar refractivity (Wildman–Crippen MR) is 127 cm³/mol. The number of anilines is 1. The van der Waals surface area contributed by atoms with E-state index in [1.54, 1.807) is 26.0 Å². The number of carbonyl (C=O) groups excluding carboxylic acids is 3. The first kappa shape index (κ1) is 26.6. The van der Waals surface area contributed by atoms with Crippen LogP contribution in [0.1, 0.15) is 43.6 Å². The molecule has 0 radical (unpaired) electrons. The van der Waals surface area contributed by atoms with Crippen molar-refractivity contribution in [3.8, 4) is 0 Å². The van der Waals surface area contributed by atoms with Gasteiger partial charge in [-0.1, -0.05) is 58.0 Å². The zero-order valence-corrected chi connectivity index (χ0v) is 20.2. The van der Waals surface area contributed by atoms with Gasteiger partial charge in [-0.3, -0.25) is 23.5 Å². The number of esters is 1. The first-order chi connectivity index (χ1) is 15.9. The molecule has 34 heavy (non-hydrogen) atoms. The highest BCUT2D eigenvalue weighted by molar-refractivity contribution is 6.01. The van der Waals surface area contributed by atoms with E-state index in [1.807, 2.05) is 32.0 Å². The maximum atomic E-state index is 12.8. The van der Waals surface area contributed by atoms with Gasteiger partial charge in [0.15, 0.2) is 6.61 Å². The lowest BCUT2D eigenvalue weighted by atomic mass is 10.0. The summed E-state index contributed by atoms with van der Waals surface area (Å²) in [7, 11) is 1.25. The monoisotopic (exact) mass is 472 g/mol. The standard InChI is InChI=1S/C24H32N4O6/c1-14(2)12-28-21(25)19(22(31)27(5)24(28)33)17(29)13-34-23(32)20(15(3)4)26-18(30)11-16-9-7-6-8-10-16/h6-10,14-15,20H,11-13,25H2,1-5H3,(H,26,30). The lowest BCUT2D eigenvalue weighted by Gasteiger charge is -2.21. The zero-order chi connectivity index (χ0) is 25.6. The number of carbonyl (C=O) groups is 3. The van der Waals surface area contributed by atoms with E-state index >= 15 is 0 Å². The Labute approximate surface area is 197 Å². The van der Waals surface area contributed by atoms with E-state index in [4.69, 9.17) is 10.5 Å². The normalized spacial score (nSPS) is 12.0. The van der Waals surface area contributed by atoms with Crippen molar-refractivity contribution in [1.29, 1.82) is 0 Å². The Hall–Kier alpha value is -3.69. The van der Waals surface area contributed by atoms with Crippen LogP contribution in [0.3, 0.4) is 0 Å². The second-order valence-electron chi connectivity index (χ2n) is 8.89. The fourth-order valence-corrected chi connectivity index (χ4v) is 3.39. The summed E-state index contributed by atoms with van der Waals surface area (Å²) in [6, 6.07) is 8.06. The molecule has 2 aromatic rings. The molecule has 10 nitrogen and oxygen atoms in total. The van der Waals surface area contributed by atoms with E-state index < -0.39 is 41.2 Å². The largest absolute Gasteiger partial charge is 0.456 e. The lowest BCUT2D eigenvalue weighted by Crippen LogP contribution is -2.47. The third kappa shape index (κ3) is 6.43. The molecule has 3 N–H and O–H groups in total. The average Bonchev–Trinajstić information content (AvgIpc) is 2.77. The molecule has 0 bridgehead atoms. The molecule has 1 unspecified atom stereocenters. The number of nitrogens with two attached hydrogens (primary N) is 1. The quantitative estimate of drug-likeness (QED) is 0.386. The van der Waals surface area contributed by atoms with E-state index in [0.717, 1.165) is 14.7 Å². The van der Waals surface area contributed by atoms with Crippen LogP contribution in [-0.4, -0.2) is 39.4 Å². The van der Waals surface area contributed by atoms with Crippen LogP contribution in [0.25, 0.3) is 0 Å². The first-order valence-corrected chi connectivity index (χ1v) is 11.1. The molecule has 184 valence electrons. The predicted octanol–water partition coefficient (Wildman–Crippen LogP) is 0.895. The summed E-state index contributed by atoms with van der Waals surface area (Å²) in [5.41, 5.74) is 4.87. The van der Waals surface area contributed by atoms with Gasteiger partial charge in [0.25, 0.3) is 5.56 Å². The summed E-state index contributed by atoms with van der Waals surface area (Å²) in [6.07, 6.45) is 0.0836. The van der Waals surface area contributed by atoms with Crippen molar-refractivity contribution in [2.24, 2.45) is 18.9 Å². The Kier molecular flexibility index (Phi) is 8.94. The van der Waals surface area contributed by atoms with Crippen LogP contribution < -0.4 is 22.3 Å². The molecule has 1 aromatic heterocycles. The first-order valence-electron chi connectivity index (χ1n) is 11.1.